The molecule has 0 aliphatic carbocycles. The Morgan fingerprint density at radius 1 is 0.800 bits per heavy atom. The van der Waals surface area contributed by atoms with Crippen LogP contribution in [0.3, 0.4) is 0 Å². The summed E-state index contributed by atoms with van der Waals surface area (Å²) in [6, 6.07) is 11.8. The average molecular weight is 612 g/mol. The summed E-state index contributed by atoms with van der Waals surface area (Å²) in [5.41, 5.74) is -5.48. The number of alkyl halides is 7. The number of rotatable bonds is 6. The van der Waals surface area contributed by atoms with Crippen LogP contribution in [0, 0.1) is 0 Å². The number of amides is 2. The van der Waals surface area contributed by atoms with Crippen LogP contribution in [0.5, 0.6) is 0 Å². The van der Waals surface area contributed by atoms with Gasteiger partial charge in [-0.25, -0.2) is 4.39 Å². The van der Waals surface area contributed by atoms with Gasteiger partial charge in [0.05, 0.1) is 10.1 Å². The van der Waals surface area contributed by atoms with E-state index < -0.39 is 57.1 Å². The number of anilines is 1. The normalized spacial score (nSPS) is 14.1. The minimum absolute atomic E-state index is 0.0524. The molecule has 3 rings (SSSR count). The van der Waals surface area contributed by atoms with Gasteiger partial charge in [-0.1, -0.05) is 69.3 Å². The first kappa shape index (κ1) is 26.6. The lowest BCUT2D eigenvalue weighted by molar-refractivity contribution is -0.338. The van der Waals surface area contributed by atoms with E-state index in [0.717, 1.165) is 6.07 Å². The number of carbonyl (C=O) groups excluding carboxylic acids is 2. The van der Waals surface area contributed by atoms with Crippen molar-refractivity contribution in [3.63, 3.8) is 0 Å². The standard InChI is InChI=1S/C23H16F7IN2O2/c24-21(22(25,26)27,23(28,29)30)13-32-19(34)15-9-6-11-17(18(15)14-7-2-1-3-8-14)33-20(35)16-10-4-5-12-31-16/h1-12H,13H2,(H,32,34)(H,33,35). The highest BCUT2D eigenvalue weighted by atomic mass is 127. The summed E-state index contributed by atoms with van der Waals surface area (Å²) >= 11 is -0.715. The Kier molecular flexibility index (Phi) is 7.82. The largest absolute Gasteiger partial charge is 0.433 e. The molecule has 0 bridgehead atoms. The minimum Gasteiger partial charge on any atom is -0.348 e. The van der Waals surface area contributed by atoms with Gasteiger partial charge in [0.2, 0.25) is 0 Å². The summed E-state index contributed by atoms with van der Waals surface area (Å²) in [4.78, 5) is 25.4. The summed E-state index contributed by atoms with van der Waals surface area (Å²) in [5.74, 6) is -1.85. The molecular weight excluding hydrogens is 596 g/mol. The molecule has 0 spiro atoms. The van der Waals surface area contributed by atoms with Crippen LogP contribution >= 0.6 is 20.7 Å². The third-order valence-corrected chi connectivity index (χ3v) is 7.13. The van der Waals surface area contributed by atoms with E-state index >= 15 is 0 Å². The summed E-state index contributed by atoms with van der Waals surface area (Å²) in [5, 5.41) is 4.07. The van der Waals surface area contributed by atoms with E-state index in [1.807, 2.05) is 4.08 Å². The van der Waals surface area contributed by atoms with Crippen molar-refractivity contribution >= 4 is 41.7 Å². The molecule has 0 atom stereocenters. The Balaban J connectivity index is 1.99. The topological polar surface area (TPSA) is 58.2 Å². The number of hydrogen-bond donors (Lipinski definition) is 2. The SMILES string of the molecule is O=C(Nc1cccc(C(=O)NCC(F)(C(F)(F)F)C(F)(F)F)c1-c1ccccc1)C1=IC=CC=C1. The highest BCUT2D eigenvalue weighted by Gasteiger charge is 2.72. The van der Waals surface area contributed by atoms with E-state index in [9.17, 15) is 40.3 Å². The molecule has 0 saturated heterocycles. The molecule has 2 aromatic rings. The molecular formula is C23H16F7IN2O2. The lowest BCUT2D eigenvalue weighted by Crippen LogP contribution is -2.59. The second-order valence-electron chi connectivity index (χ2n) is 7.16. The number of hydrogen-bond acceptors (Lipinski definition) is 2. The zero-order valence-electron chi connectivity index (χ0n) is 17.5. The summed E-state index contributed by atoms with van der Waals surface area (Å²) in [6.45, 7) is -2.37. The molecule has 1 aliphatic rings. The minimum atomic E-state index is -6.31. The molecule has 0 saturated carbocycles. The van der Waals surface area contributed by atoms with Crippen LogP contribution in [0.15, 0.2) is 70.8 Å². The number of nitrogens with one attached hydrogen (secondary N) is 2. The molecule has 0 fully saturated rings. The van der Waals surface area contributed by atoms with E-state index in [1.165, 1.54) is 29.6 Å². The Hall–Kier alpha value is -3.03. The van der Waals surface area contributed by atoms with Crippen LogP contribution in [0.4, 0.5) is 36.4 Å². The highest BCUT2D eigenvalue weighted by Crippen LogP contribution is 2.45. The van der Waals surface area contributed by atoms with Gasteiger partial charge in [-0.05, 0) is 27.9 Å². The first-order valence-electron chi connectivity index (χ1n) is 9.79. The van der Waals surface area contributed by atoms with Crippen molar-refractivity contribution in [2.75, 3.05) is 11.9 Å². The third kappa shape index (κ3) is 5.80. The van der Waals surface area contributed by atoms with Gasteiger partial charge in [0.15, 0.2) is 0 Å². The molecule has 4 nitrogen and oxygen atoms in total. The van der Waals surface area contributed by atoms with Crippen molar-refractivity contribution in [3.05, 3.63) is 76.4 Å². The highest BCUT2D eigenvalue weighted by molar-refractivity contribution is 14.2. The van der Waals surface area contributed by atoms with E-state index in [-0.39, 0.29) is 16.8 Å². The maximum Gasteiger partial charge on any atom is 0.433 e. The predicted octanol–water partition coefficient (Wildman–Crippen LogP) is 6.08. The molecule has 0 unspecified atom stereocenters. The summed E-state index contributed by atoms with van der Waals surface area (Å²) in [6.07, 6.45) is -7.53. The predicted molar refractivity (Wildman–Crippen MR) is 126 cm³/mol. The van der Waals surface area contributed by atoms with Gasteiger partial charge in [0.1, 0.15) is 0 Å². The fourth-order valence-corrected chi connectivity index (χ4v) is 4.72. The number of halogens is 8. The molecule has 1 aliphatic heterocycles. The van der Waals surface area contributed by atoms with Crippen molar-refractivity contribution in [2.24, 2.45) is 0 Å². The maximum atomic E-state index is 14.0. The first-order chi connectivity index (χ1) is 16.3. The zero-order valence-corrected chi connectivity index (χ0v) is 19.6. The molecule has 2 aromatic carbocycles. The lowest BCUT2D eigenvalue weighted by Gasteiger charge is -2.30. The molecule has 186 valence electrons. The van der Waals surface area contributed by atoms with Gasteiger partial charge in [0, 0.05) is 16.8 Å². The van der Waals surface area contributed by atoms with Crippen molar-refractivity contribution in [3.8, 4) is 11.1 Å². The van der Waals surface area contributed by atoms with Crippen LogP contribution in [-0.2, 0) is 4.79 Å². The Morgan fingerprint density at radius 3 is 2.03 bits per heavy atom. The van der Waals surface area contributed by atoms with Crippen molar-refractivity contribution in [1.82, 2.24) is 5.32 Å². The maximum absolute atomic E-state index is 14.0. The Morgan fingerprint density at radius 2 is 1.46 bits per heavy atom. The van der Waals surface area contributed by atoms with Crippen molar-refractivity contribution in [1.29, 1.82) is 0 Å². The van der Waals surface area contributed by atoms with Gasteiger partial charge in [-0.3, -0.25) is 9.59 Å². The Bertz CT molecular complexity index is 1190. The molecule has 0 aromatic heterocycles. The third-order valence-electron chi connectivity index (χ3n) is 4.83. The number of benzene rings is 2. The number of allylic oxidation sites excluding steroid dienone is 2. The smallest absolute Gasteiger partial charge is 0.348 e. The van der Waals surface area contributed by atoms with Crippen molar-refractivity contribution < 1.29 is 40.3 Å². The fourth-order valence-electron chi connectivity index (χ4n) is 3.05. The van der Waals surface area contributed by atoms with Crippen LogP contribution in [0.1, 0.15) is 10.4 Å². The van der Waals surface area contributed by atoms with E-state index in [4.69, 9.17) is 0 Å². The Labute approximate surface area is 204 Å². The van der Waals surface area contributed by atoms with Crippen LogP contribution in [0.2, 0.25) is 0 Å². The molecule has 1 heterocycles. The molecule has 2 N–H and O–H groups in total. The molecule has 35 heavy (non-hydrogen) atoms. The van der Waals surface area contributed by atoms with Gasteiger partial charge < -0.3 is 10.6 Å². The quantitative estimate of drug-likeness (QED) is 0.307. The second kappa shape index (κ2) is 10.3. The van der Waals surface area contributed by atoms with Crippen LogP contribution in [-0.4, -0.2) is 39.9 Å². The van der Waals surface area contributed by atoms with Crippen LogP contribution < -0.4 is 10.6 Å². The van der Waals surface area contributed by atoms with E-state index in [1.54, 1.807) is 36.4 Å². The van der Waals surface area contributed by atoms with E-state index in [0.29, 0.717) is 9.07 Å². The van der Waals surface area contributed by atoms with Crippen LogP contribution in [0.25, 0.3) is 11.1 Å². The second-order valence-corrected chi connectivity index (χ2v) is 9.67. The lowest BCUT2D eigenvalue weighted by atomic mass is 9.96. The molecule has 12 heteroatoms. The first-order valence-corrected chi connectivity index (χ1v) is 12.1. The monoisotopic (exact) mass is 612 g/mol. The fraction of sp³-hybridized carbons (Fsp3) is 0.174. The van der Waals surface area contributed by atoms with Gasteiger partial charge in [0.25, 0.3) is 11.8 Å². The van der Waals surface area contributed by atoms with Gasteiger partial charge in [-0.15, -0.1) is 0 Å². The zero-order chi connectivity index (χ0) is 25.9. The van der Waals surface area contributed by atoms with Gasteiger partial charge in [-0.2, -0.15) is 26.3 Å². The number of carbonyl (C=O) groups is 2. The van der Waals surface area contributed by atoms with E-state index in [2.05, 4.69) is 5.32 Å². The van der Waals surface area contributed by atoms with Gasteiger partial charge >= 0.3 is 18.0 Å². The summed E-state index contributed by atoms with van der Waals surface area (Å²) < 4.78 is 93.6. The summed E-state index contributed by atoms with van der Waals surface area (Å²) in [7, 11) is 0. The molecule has 2 amide bonds. The average Bonchev–Trinajstić information content (AvgIpc) is 2.81. The van der Waals surface area contributed by atoms with Crippen molar-refractivity contribution in [2.45, 2.75) is 18.0 Å². The molecule has 0 radical (unpaired) electrons.